The van der Waals surface area contributed by atoms with Gasteiger partial charge in [-0.1, -0.05) is 200 Å². The first-order valence-electron chi connectivity index (χ1n) is 27.4. The van der Waals surface area contributed by atoms with Gasteiger partial charge in [-0.3, -0.25) is 15.0 Å². The normalized spacial score (nSPS) is 13.0. The predicted molar refractivity (Wildman–Crippen MR) is 325 cm³/mol. The van der Waals surface area contributed by atoms with Gasteiger partial charge in [0, 0.05) is 66.2 Å². The van der Waals surface area contributed by atoms with Crippen molar-refractivity contribution in [2.24, 2.45) is 10.8 Å². The molecule has 1 radical (unpaired) electrons. The van der Waals surface area contributed by atoms with E-state index in [0.29, 0.717) is 10.8 Å². The first-order chi connectivity index (χ1) is 35.3. The summed E-state index contributed by atoms with van der Waals surface area (Å²) in [5, 5.41) is 3.82. The third-order valence-corrected chi connectivity index (χ3v) is 16.3. The summed E-state index contributed by atoms with van der Waals surface area (Å²) in [7, 11) is -1.36. The summed E-state index contributed by atoms with van der Waals surface area (Å²) in [6.45, 7) is 34.7. The summed E-state index contributed by atoms with van der Waals surface area (Å²) in [4.78, 5) is 14.0. The van der Waals surface area contributed by atoms with Crippen LogP contribution in [0.15, 0.2) is 163 Å². The molecule has 4 aromatic heterocycles. The van der Waals surface area contributed by atoms with Gasteiger partial charge in [0.1, 0.15) is 11.2 Å². The second kappa shape index (κ2) is 23.4. The molecule has 0 fully saturated rings. The van der Waals surface area contributed by atoms with Crippen molar-refractivity contribution in [3.8, 4) is 44.9 Å². The molecule has 9 aromatic rings. The Balaban J connectivity index is 0.000000183. The van der Waals surface area contributed by atoms with E-state index in [1.54, 1.807) is 0 Å². The molecular formula is C70H83IrN3OSi. The Bertz CT molecular complexity index is 3360. The monoisotopic (exact) mass is 1200 g/mol. The Hall–Kier alpha value is -5.78. The van der Waals surface area contributed by atoms with E-state index in [4.69, 9.17) is 14.4 Å². The number of aryl methyl sites for hydroxylation is 1. The SMILES string of the molecule is CC(C)(C)Cc1cc(-c2ccccc2)ncc1[Si](C)(C)C.CC(C)(C)Cc1ccnc(-c2ccccc2)c1.CC(C)(C)c1cc(-c2ccc3c(c2)oc2c(-c4nccc5c4CCCC5)cccc23)cc(C(C)(C)C)c1.[Ir]. The maximum atomic E-state index is 6.65. The summed E-state index contributed by atoms with van der Waals surface area (Å²) < 4.78 is 6.65. The molecule has 76 heavy (non-hydrogen) atoms. The maximum absolute atomic E-state index is 6.65. The Morgan fingerprint density at radius 3 is 1.68 bits per heavy atom. The third-order valence-electron chi connectivity index (χ3n) is 14.2. The van der Waals surface area contributed by atoms with Crippen LogP contribution in [0.25, 0.3) is 66.8 Å². The standard InChI is InChI=1S/C35H37NO.C19H27NSi.C16H19N.Ir/c1-34(2,3)25-18-24(19-26(21-25)35(4,5)6)23-14-15-28-29-12-9-13-30(33(29)37-31(28)20-23)32-27-11-8-7-10-22(27)16-17-36-32;1-19(2,3)13-16-12-17(15-10-8-7-9-11-15)20-14-18(16)21(4,5)6;1-16(2,3)12-13-9-10-17-15(11-13)14-7-5-4-6-8-14;/h9,12-21H,7-8,10-11H2,1-6H3;7-12,14H,13H2,1-6H3;4-11H,12H2,1-3H3;. The second-order valence-corrected chi connectivity index (χ2v) is 31.6. The zero-order chi connectivity index (χ0) is 53.9. The molecule has 0 saturated heterocycles. The van der Waals surface area contributed by atoms with Crippen LogP contribution in [-0.2, 0) is 56.6 Å². The molecule has 1 aliphatic rings. The van der Waals surface area contributed by atoms with Crippen LogP contribution >= 0.6 is 0 Å². The minimum atomic E-state index is -1.36. The van der Waals surface area contributed by atoms with E-state index >= 15 is 0 Å². The van der Waals surface area contributed by atoms with Gasteiger partial charge >= 0.3 is 0 Å². The van der Waals surface area contributed by atoms with Gasteiger partial charge in [0.05, 0.1) is 25.2 Å². The zero-order valence-corrected chi connectivity index (χ0v) is 51.7. The van der Waals surface area contributed by atoms with Crippen LogP contribution in [0.3, 0.4) is 0 Å². The van der Waals surface area contributed by atoms with Crippen molar-refractivity contribution < 1.29 is 24.5 Å². The number of furan rings is 1. The predicted octanol–water partition coefficient (Wildman–Crippen LogP) is 19.0. The van der Waals surface area contributed by atoms with Crippen LogP contribution in [0, 0.1) is 10.8 Å². The summed E-state index contributed by atoms with van der Waals surface area (Å²) >= 11 is 0. The minimum Gasteiger partial charge on any atom is -0.455 e. The maximum Gasteiger partial charge on any atom is 0.144 e. The molecule has 0 saturated carbocycles. The molecular weight excluding hydrogens is 1120 g/mol. The molecule has 6 heteroatoms. The Labute approximate surface area is 471 Å². The number of pyridine rings is 3. The quantitative estimate of drug-likeness (QED) is 0.149. The van der Waals surface area contributed by atoms with Gasteiger partial charge in [-0.25, -0.2) is 0 Å². The zero-order valence-electron chi connectivity index (χ0n) is 48.3. The van der Waals surface area contributed by atoms with E-state index in [0.717, 1.165) is 70.3 Å². The molecule has 4 heterocycles. The number of fused-ring (bicyclic) bond motifs is 4. The van der Waals surface area contributed by atoms with Gasteiger partial charge in [-0.05, 0) is 152 Å². The van der Waals surface area contributed by atoms with Crippen molar-refractivity contribution >= 4 is 35.2 Å². The molecule has 1 aliphatic carbocycles. The number of aromatic nitrogens is 3. The summed E-state index contributed by atoms with van der Waals surface area (Å²) in [5.41, 5.74) is 20.2. The minimum absolute atomic E-state index is 0. The van der Waals surface area contributed by atoms with E-state index in [1.807, 2.05) is 30.6 Å². The van der Waals surface area contributed by atoms with Crippen molar-refractivity contribution in [3.05, 3.63) is 191 Å². The fourth-order valence-corrected chi connectivity index (χ4v) is 11.9. The smallest absolute Gasteiger partial charge is 0.144 e. The Morgan fingerprint density at radius 2 is 1.09 bits per heavy atom. The van der Waals surface area contributed by atoms with Crippen LogP contribution in [0.4, 0.5) is 0 Å². The van der Waals surface area contributed by atoms with Gasteiger partial charge in [-0.15, -0.1) is 0 Å². The molecule has 10 rings (SSSR count). The molecule has 0 N–H and O–H groups in total. The average molecular weight is 1200 g/mol. The molecule has 0 unspecified atom stereocenters. The summed E-state index contributed by atoms with van der Waals surface area (Å²) in [6.07, 6.45) is 12.9. The summed E-state index contributed by atoms with van der Waals surface area (Å²) in [6, 6.07) is 49.9. The van der Waals surface area contributed by atoms with Crippen molar-refractivity contribution in [1.82, 2.24) is 15.0 Å². The molecule has 0 spiro atoms. The molecule has 0 amide bonds. The van der Waals surface area contributed by atoms with Gasteiger partial charge in [0.15, 0.2) is 0 Å². The van der Waals surface area contributed by atoms with E-state index in [9.17, 15) is 0 Å². The largest absolute Gasteiger partial charge is 0.455 e. The van der Waals surface area contributed by atoms with Gasteiger partial charge in [0.2, 0.25) is 0 Å². The van der Waals surface area contributed by atoms with Gasteiger partial charge in [0.25, 0.3) is 0 Å². The molecule has 4 nitrogen and oxygen atoms in total. The number of nitrogens with zero attached hydrogens (tertiary/aromatic N) is 3. The number of rotatable bonds is 7. The van der Waals surface area contributed by atoms with Crippen molar-refractivity contribution in [2.75, 3.05) is 0 Å². The van der Waals surface area contributed by atoms with E-state index in [1.165, 1.54) is 73.7 Å². The molecule has 0 atom stereocenters. The number of hydrogen-bond donors (Lipinski definition) is 0. The number of benzene rings is 5. The van der Waals surface area contributed by atoms with Crippen molar-refractivity contribution in [1.29, 1.82) is 0 Å². The first kappa shape index (κ1) is 57.9. The molecule has 0 aliphatic heterocycles. The Kier molecular flexibility index (Phi) is 17.9. The van der Waals surface area contributed by atoms with Crippen LogP contribution in [-0.4, -0.2) is 23.0 Å². The van der Waals surface area contributed by atoms with E-state index in [-0.39, 0.29) is 30.9 Å². The first-order valence-corrected chi connectivity index (χ1v) is 30.9. The summed E-state index contributed by atoms with van der Waals surface area (Å²) in [5.74, 6) is 0. The van der Waals surface area contributed by atoms with E-state index in [2.05, 4.69) is 235 Å². The number of para-hydroxylation sites is 1. The van der Waals surface area contributed by atoms with Crippen molar-refractivity contribution in [3.63, 3.8) is 0 Å². The fraction of sp³-hybridized carbons (Fsp3) is 0.357. The topological polar surface area (TPSA) is 51.8 Å². The second-order valence-electron chi connectivity index (χ2n) is 26.5. The number of hydrogen-bond acceptors (Lipinski definition) is 4. The molecule has 397 valence electrons. The van der Waals surface area contributed by atoms with Gasteiger partial charge in [-0.2, -0.15) is 0 Å². The van der Waals surface area contributed by atoms with Crippen LogP contribution in [0.1, 0.15) is 129 Å². The van der Waals surface area contributed by atoms with Crippen LogP contribution in [0.5, 0.6) is 0 Å². The van der Waals surface area contributed by atoms with Crippen molar-refractivity contribution in [2.45, 2.75) is 152 Å². The Morgan fingerprint density at radius 1 is 0.500 bits per heavy atom. The fourth-order valence-electron chi connectivity index (χ4n) is 10.3. The third kappa shape index (κ3) is 14.6. The van der Waals surface area contributed by atoms with E-state index < -0.39 is 8.07 Å². The molecule has 0 bridgehead atoms. The van der Waals surface area contributed by atoms with Crippen LogP contribution in [0.2, 0.25) is 19.6 Å². The molecule has 5 aromatic carbocycles. The van der Waals surface area contributed by atoms with Gasteiger partial charge < -0.3 is 4.42 Å². The van der Waals surface area contributed by atoms with Crippen LogP contribution < -0.4 is 5.19 Å². The average Bonchev–Trinajstić information content (AvgIpc) is 3.74.